The number of rotatable bonds is 8. The van der Waals surface area contributed by atoms with Gasteiger partial charge in [-0.2, -0.15) is 0 Å². The lowest BCUT2D eigenvalue weighted by atomic mass is 10.1. The van der Waals surface area contributed by atoms with E-state index in [0.29, 0.717) is 25.5 Å². The SMILES string of the molecule is CC(c1ccccc1)N(C)C(=O)CSc1nnc(N2CCOCC2)n1Cc1ccccc1. The van der Waals surface area contributed by atoms with Gasteiger partial charge in [0.15, 0.2) is 5.16 Å². The average molecular weight is 452 g/mol. The number of ether oxygens (including phenoxy) is 1. The van der Waals surface area contributed by atoms with Crippen molar-refractivity contribution in [3.63, 3.8) is 0 Å². The predicted octanol–water partition coefficient (Wildman–Crippen LogP) is 3.47. The third-order valence-corrected chi connectivity index (χ3v) is 6.71. The van der Waals surface area contributed by atoms with Crippen molar-refractivity contribution in [2.75, 3.05) is 44.0 Å². The fourth-order valence-corrected chi connectivity index (χ4v) is 4.55. The summed E-state index contributed by atoms with van der Waals surface area (Å²) in [5.41, 5.74) is 2.29. The number of amides is 1. The number of hydrogen-bond donors (Lipinski definition) is 0. The number of nitrogens with zero attached hydrogens (tertiary/aromatic N) is 5. The van der Waals surface area contributed by atoms with E-state index in [-0.39, 0.29) is 11.9 Å². The quantitative estimate of drug-likeness (QED) is 0.489. The van der Waals surface area contributed by atoms with Gasteiger partial charge in [-0.3, -0.25) is 9.36 Å². The molecule has 2 heterocycles. The molecule has 1 fully saturated rings. The van der Waals surface area contributed by atoms with Crippen molar-refractivity contribution < 1.29 is 9.53 Å². The second-order valence-electron chi connectivity index (χ2n) is 7.83. The fourth-order valence-electron chi connectivity index (χ4n) is 3.69. The maximum atomic E-state index is 12.9. The van der Waals surface area contributed by atoms with E-state index in [1.54, 1.807) is 4.90 Å². The predicted molar refractivity (Wildman–Crippen MR) is 127 cm³/mol. The van der Waals surface area contributed by atoms with Gasteiger partial charge in [-0.25, -0.2) is 0 Å². The summed E-state index contributed by atoms with van der Waals surface area (Å²) in [6.45, 7) is 5.64. The zero-order chi connectivity index (χ0) is 22.3. The van der Waals surface area contributed by atoms with Gasteiger partial charge in [0.25, 0.3) is 0 Å². The van der Waals surface area contributed by atoms with Crippen LogP contribution in [0.25, 0.3) is 0 Å². The van der Waals surface area contributed by atoms with E-state index in [2.05, 4.69) is 31.8 Å². The maximum absolute atomic E-state index is 12.9. The van der Waals surface area contributed by atoms with Gasteiger partial charge >= 0.3 is 0 Å². The molecule has 1 atom stereocenters. The van der Waals surface area contributed by atoms with Crippen molar-refractivity contribution in [2.45, 2.75) is 24.7 Å². The maximum Gasteiger partial charge on any atom is 0.233 e. The van der Waals surface area contributed by atoms with Crippen LogP contribution < -0.4 is 4.90 Å². The van der Waals surface area contributed by atoms with E-state index in [9.17, 15) is 4.79 Å². The van der Waals surface area contributed by atoms with E-state index in [1.807, 2.05) is 62.5 Å². The molecule has 1 aliphatic rings. The molecule has 2 aromatic carbocycles. The number of anilines is 1. The first-order chi connectivity index (χ1) is 15.6. The molecule has 1 aliphatic heterocycles. The number of morpholine rings is 1. The van der Waals surface area contributed by atoms with Gasteiger partial charge in [-0.1, -0.05) is 72.4 Å². The van der Waals surface area contributed by atoms with Crippen molar-refractivity contribution in [3.8, 4) is 0 Å². The highest BCUT2D eigenvalue weighted by Crippen LogP contribution is 2.26. The summed E-state index contributed by atoms with van der Waals surface area (Å²) >= 11 is 1.44. The van der Waals surface area contributed by atoms with E-state index in [4.69, 9.17) is 4.74 Å². The van der Waals surface area contributed by atoms with Crippen molar-refractivity contribution in [2.24, 2.45) is 0 Å². The molecule has 0 aliphatic carbocycles. The van der Waals surface area contributed by atoms with Crippen LogP contribution in [0.4, 0.5) is 5.95 Å². The number of hydrogen-bond acceptors (Lipinski definition) is 6. The van der Waals surface area contributed by atoms with Crippen LogP contribution in [0.3, 0.4) is 0 Å². The van der Waals surface area contributed by atoms with Crippen molar-refractivity contribution in [1.29, 1.82) is 0 Å². The normalized spacial score (nSPS) is 14.9. The number of benzene rings is 2. The van der Waals surface area contributed by atoms with Crippen molar-refractivity contribution in [1.82, 2.24) is 19.7 Å². The third-order valence-electron chi connectivity index (χ3n) is 5.76. The summed E-state index contributed by atoms with van der Waals surface area (Å²) in [5, 5.41) is 9.68. The molecule has 0 saturated carbocycles. The van der Waals surface area contributed by atoms with Gasteiger partial charge in [-0.15, -0.1) is 10.2 Å². The van der Waals surface area contributed by atoms with Crippen LogP contribution in [0, 0.1) is 0 Å². The minimum atomic E-state index is 0.00963. The third kappa shape index (κ3) is 5.31. The average Bonchev–Trinajstić information content (AvgIpc) is 3.25. The lowest BCUT2D eigenvalue weighted by Gasteiger charge is -2.28. The molecule has 4 rings (SSSR count). The number of aromatic nitrogens is 3. The van der Waals surface area contributed by atoms with Crippen LogP contribution in [0.1, 0.15) is 24.1 Å². The molecular formula is C24H29N5O2S. The minimum absolute atomic E-state index is 0.00963. The first-order valence-corrected chi connectivity index (χ1v) is 11.9. The van der Waals surface area contributed by atoms with Gasteiger partial charge in [0.2, 0.25) is 11.9 Å². The Morgan fingerprint density at radius 1 is 1.06 bits per heavy atom. The molecule has 168 valence electrons. The summed E-state index contributed by atoms with van der Waals surface area (Å²) in [4.78, 5) is 16.9. The fraction of sp³-hybridized carbons (Fsp3) is 0.375. The minimum Gasteiger partial charge on any atom is -0.378 e. The van der Waals surface area contributed by atoms with Gasteiger partial charge in [-0.05, 0) is 18.1 Å². The smallest absolute Gasteiger partial charge is 0.233 e. The van der Waals surface area contributed by atoms with Crippen LogP contribution in [0.2, 0.25) is 0 Å². The molecule has 0 radical (unpaired) electrons. The highest BCUT2D eigenvalue weighted by atomic mass is 32.2. The highest BCUT2D eigenvalue weighted by Gasteiger charge is 2.23. The molecule has 8 heteroatoms. The molecule has 7 nitrogen and oxygen atoms in total. The Kier molecular flexibility index (Phi) is 7.44. The first-order valence-electron chi connectivity index (χ1n) is 10.9. The molecule has 1 aromatic heterocycles. The second-order valence-corrected chi connectivity index (χ2v) is 8.78. The summed E-state index contributed by atoms with van der Waals surface area (Å²) in [7, 11) is 1.86. The van der Waals surface area contributed by atoms with Gasteiger partial charge in [0.05, 0.1) is 31.6 Å². The van der Waals surface area contributed by atoms with Crippen LogP contribution in [-0.2, 0) is 16.1 Å². The highest BCUT2D eigenvalue weighted by molar-refractivity contribution is 7.99. The Morgan fingerprint density at radius 3 is 2.41 bits per heavy atom. The second kappa shape index (κ2) is 10.7. The molecule has 0 N–H and O–H groups in total. The summed E-state index contributed by atoms with van der Waals surface area (Å²) in [6, 6.07) is 20.4. The Hall–Kier alpha value is -2.84. The Morgan fingerprint density at radius 2 is 1.72 bits per heavy atom. The summed E-state index contributed by atoms with van der Waals surface area (Å²) < 4.78 is 7.61. The Labute approximate surface area is 193 Å². The van der Waals surface area contributed by atoms with Crippen LogP contribution in [0.15, 0.2) is 65.8 Å². The van der Waals surface area contributed by atoms with Crippen molar-refractivity contribution >= 4 is 23.6 Å². The monoisotopic (exact) mass is 451 g/mol. The number of carbonyl (C=O) groups excluding carboxylic acids is 1. The number of thioether (sulfide) groups is 1. The molecule has 3 aromatic rings. The topological polar surface area (TPSA) is 63.5 Å². The molecule has 32 heavy (non-hydrogen) atoms. The van der Waals surface area contributed by atoms with Crippen LogP contribution in [0.5, 0.6) is 0 Å². The zero-order valence-corrected chi connectivity index (χ0v) is 19.4. The molecule has 1 amide bonds. The van der Waals surface area contributed by atoms with Gasteiger partial charge < -0.3 is 14.5 Å². The molecule has 1 saturated heterocycles. The van der Waals surface area contributed by atoms with E-state index in [0.717, 1.165) is 29.8 Å². The number of carbonyl (C=O) groups is 1. The summed E-state index contributed by atoms with van der Waals surface area (Å²) in [6.07, 6.45) is 0. The summed E-state index contributed by atoms with van der Waals surface area (Å²) in [5.74, 6) is 1.20. The van der Waals surface area contributed by atoms with Gasteiger partial charge in [0, 0.05) is 20.1 Å². The first kappa shape index (κ1) is 22.4. The van der Waals surface area contributed by atoms with Crippen molar-refractivity contribution in [3.05, 3.63) is 71.8 Å². The molecule has 0 bridgehead atoms. The van der Waals surface area contributed by atoms with Crippen LogP contribution >= 0.6 is 11.8 Å². The zero-order valence-electron chi connectivity index (χ0n) is 18.6. The largest absolute Gasteiger partial charge is 0.378 e. The standard InChI is InChI=1S/C24H29N5O2S/c1-19(21-11-7-4-8-12-21)27(2)22(30)18-32-24-26-25-23(28-13-15-31-16-14-28)29(24)17-20-9-5-3-6-10-20/h3-12,19H,13-18H2,1-2H3. The molecule has 1 unspecified atom stereocenters. The lowest BCUT2D eigenvalue weighted by molar-refractivity contribution is -0.128. The van der Waals surface area contributed by atoms with E-state index in [1.165, 1.54) is 17.3 Å². The van der Waals surface area contributed by atoms with Crippen LogP contribution in [-0.4, -0.2) is 64.7 Å². The van der Waals surface area contributed by atoms with E-state index >= 15 is 0 Å². The van der Waals surface area contributed by atoms with Gasteiger partial charge in [0.1, 0.15) is 0 Å². The Bertz CT molecular complexity index is 1010. The molecule has 0 spiro atoms. The lowest BCUT2D eigenvalue weighted by Crippen LogP contribution is -2.38. The van der Waals surface area contributed by atoms with E-state index < -0.39 is 0 Å². The molecular weight excluding hydrogens is 422 g/mol. The Balaban J connectivity index is 1.48.